The van der Waals surface area contributed by atoms with Gasteiger partial charge >= 0.3 is 0 Å². The number of fused-ring (bicyclic) bond motifs is 1. The summed E-state index contributed by atoms with van der Waals surface area (Å²) in [6.07, 6.45) is 4.89. The SMILES string of the molecule is CNC(=O)c1ccc(/C=C/C(=O)C(N)c2cccn2-c2ccc(Cl)c(COc3cccc4c(N(C)C)cc(C)nc34)c2Cl)cc1. The summed E-state index contributed by atoms with van der Waals surface area (Å²) in [5.74, 6) is 0.134. The molecule has 1 unspecified atom stereocenters. The molecule has 1 amide bonds. The monoisotopic (exact) mass is 641 g/mol. The first-order valence-corrected chi connectivity index (χ1v) is 15.0. The van der Waals surface area contributed by atoms with Crippen LogP contribution in [-0.4, -0.2) is 42.4 Å². The zero-order chi connectivity index (χ0) is 32.2. The molecule has 2 heterocycles. The zero-order valence-corrected chi connectivity index (χ0v) is 26.9. The molecular formula is C35H33Cl2N5O3. The highest BCUT2D eigenvalue weighted by Crippen LogP contribution is 2.36. The van der Waals surface area contributed by atoms with E-state index in [1.807, 2.05) is 50.2 Å². The van der Waals surface area contributed by atoms with Crippen molar-refractivity contribution in [2.45, 2.75) is 19.6 Å². The standard InChI is InChI=1S/C35H33Cl2N5O3/c1-21-19-29(41(3)4)24-7-5-9-31(34(24)40-21)45-20-25-26(36)15-16-27(32(25)37)42-18-6-8-28(42)33(38)30(43)17-12-22-10-13-23(14-11-22)35(44)39-2/h5-19,33H,20,38H2,1-4H3,(H,39,44)/b17-12+. The molecule has 8 nitrogen and oxygen atoms in total. The number of anilines is 1. The summed E-state index contributed by atoms with van der Waals surface area (Å²) in [6.45, 7) is 2.05. The van der Waals surface area contributed by atoms with E-state index in [1.54, 1.807) is 72.4 Å². The molecule has 5 rings (SSSR count). The van der Waals surface area contributed by atoms with E-state index in [0.717, 1.165) is 27.8 Å². The predicted molar refractivity (Wildman–Crippen MR) is 182 cm³/mol. The van der Waals surface area contributed by atoms with Crippen LogP contribution in [0.5, 0.6) is 5.75 Å². The summed E-state index contributed by atoms with van der Waals surface area (Å²) in [5.41, 5.74) is 12.2. The topological polar surface area (TPSA) is 102 Å². The summed E-state index contributed by atoms with van der Waals surface area (Å²) < 4.78 is 8.06. The summed E-state index contributed by atoms with van der Waals surface area (Å²) in [5, 5.41) is 4.38. The number of aromatic nitrogens is 2. The Morgan fingerprint density at radius 1 is 1.07 bits per heavy atom. The molecule has 0 bridgehead atoms. The van der Waals surface area contributed by atoms with Gasteiger partial charge in [0, 0.05) is 66.0 Å². The van der Waals surface area contributed by atoms with Gasteiger partial charge in [0.05, 0.1) is 10.7 Å². The molecule has 0 saturated carbocycles. The second-order valence-corrected chi connectivity index (χ2v) is 11.5. The van der Waals surface area contributed by atoms with Crippen LogP contribution in [0.15, 0.2) is 85.1 Å². The number of nitrogens with zero attached hydrogens (tertiary/aromatic N) is 3. The fourth-order valence-corrected chi connectivity index (χ4v) is 5.62. The van der Waals surface area contributed by atoms with Crippen molar-refractivity contribution >= 4 is 57.6 Å². The normalized spacial score (nSPS) is 12.0. The summed E-state index contributed by atoms with van der Waals surface area (Å²) in [7, 11) is 5.56. The van der Waals surface area contributed by atoms with Crippen molar-refractivity contribution in [2.75, 3.05) is 26.0 Å². The van der Waals surface area contributed by atoms with Gasteiger partial charge in [-0.1, -0.05) is 53.5 Å². The predicted octanol–water partition coefficient (Wildman–Crippen LogP) is 6.93. The number of amides is 1. The number of nitrogens with two attached hydrogens (primary N) is 1. The van der Waals surface area contributed by atoms with Crippen molar-refractivity contribution in [3.8, 4) is 11.4 Å². The lowest BCUT2D eigenvalue weighted by molar-refractivity contribution is -0.115. The molecular weight excluding hydrogens is 609 g/mol. The quantitative estimate of drug-likeness (QED) is 0.160. The lowest BCUT2D eigenvalue weighted by Crippen LogP contribution is -2.22. The van der Waals surface area contributed by atoms with E-state index >= 15 is 0 Å². The molecule has 5 aromatic rings. The third-order valence-electron chi connectivity index (χ3n) is 7.43. The van der Waals surface area contributed by atoms with Crippen LogP contribution in [0.2, 0.25) is 10.0 Å². The molecule has 1 atom stereocenters. The Balaban J connectivity index is 1.38. The van der Waals surface area contributed by atoms with Gasteiger partial charge < -0.3 is 25.3 Å². The Hall–Kier alpha value is -4.63. The summed E-state index contributed by atoms with van der Waals surface area (Å²) >= 11 is 13.6. The largest absolute Gasteiger partial charge is 0.487 e. The van der Waals surface area contributed by atoms with Crippen molar-refractivity contribution in [1.29, 1.82) is 0 Å². The number of aryl methyl sites for hydroxylation is 1. The fraction of sp³-hybridized carbons (Fsp3) is 0.171. The minimum Gasteiger partial charge on any atom is -0.487 e. The number of carbonyl (C=O) groups excluding carboxylic acids is 2. The molecule has 230 valence electrons. The van der Waals surface area contributed by atoms with Crippen LogP contribution in [0.1, 0.15) is 38.9 Å². The van der Waals surface area contributed by atoms with E-state index in [9.17, 15) is 9.59 Å². The molecule has 0 aliphatic heterocycles. The highest BCUT2D eigenvalue weighted by atomic mass is 35.5. The Bertz CT molecular complexity index is 1920. The number of ether oxygens (including phenoxy) is 1. The maximum Gasteiger partial charge on any atom is 0.251 e. The van der Waals surface area contributed by atoms with Gasteiger partial charge in [-0.15, -0.1) is 0 Å². The van der Waals surface area contributed by atoms with E-state index in [0.29, 0.717) is 38.3 Å². The van der Waals surface area contributed by atoms with Crippen molar-refractivity contribution in [2.24, 2.45) is 5.73 Å². The van der Waals surface area contributed by atoms with Crippen LogP contribution in [0.3, 0.4) is 0 Å². The second-order valence-electron chi connectivity index (χ2n) is 10.7. The van der Waals surface area contributed by atoms with Crippen LogP contribution in [0.25, 0.3) is 22.7 Å². The van der Waals surface area contributed by atoms with Crippen LogP contribution < -0.4 is 20.7 Å². The van der Waals surface area contributed by atoms with Crippen LogP contribution in [0, 0.1) is 6.92 Å². The molecule has 0 aliphatic rings. The van der Waals surface area contributed by atoms with Gasteiger partial charge in [0.1, 0.15) is 23.9 Å². The highest BCUT2D eigenvalue weighted by molar-refractivity contribution is 6.37. The number of carbonyl (C=O) groups is 2. The molecule has 2 aromatic heterocycles. The van der Waals surface area contributed by atoms with Gasteiger partial charge in [-0.05, 0) is 67.1 Å². The Kier molecular flexibility index (Phi) is 9.58. The van der Waals surface area contributed by atoms with E-state index in [2.05, 4.69) is 5.32 Å². The maximum atomic E-state index is 13.1. The molecule has 0 radical (unpaired) electrons. The zero-order valence-electron chi connectivity index (χ0n) is 25.3. The third-order valence-corrected chi connectivity index (χ3v) is 8.21. The molecule has 0 saturated heterocycles. The van der Waals surface area contributed by atoms with Gasteiger partial charge in [0.2, 0.25) is 0 Å². The third kappa shape index (κ3) is 6.73. The average Bonchev–Trinajstić information content (AvgIpc) is 3.52. The van der Waals surface area contributed by atoms with Gasteiger partial charge in [-0.2, -0.15) is 0 Å². The number of nitrogens with one attached hydrogen (secondary N) is 1. The number of hydrogen-bond acceptors (Lipinski definition) is 6. The minimum absolute atomic E-state index is 0.0978. The summed E-state index contributed by atoms with van der Waals surface area (Å²) in [6, 6.07) is 20.9. The van der Waals surface area contributed by atoms with Gasteiger partial charge in [0.15, 0.2) is 5.78 Å². The number of benzene rings is 3. The smallest absolute Gasteiger partial charge is 0.251 e. The highest BCUT2D eigenvalue weighted by Gasteiger charge is 2.21. The minimum atomic E-state index is -0.955. The van der Waals surface area contributed by atoms with Crippen molar-refractivity contribution in [1.82, 2.24) is 14.9 Å². The van der Waals surface area contributed by atoms with E-state index in [4.69, 9.17) is 38.7 Å². The van der Waals surface area contributed by atoms with E-state index < -0.39 is 6.04 Å². The lowest BCUT2D eigenvalue weighted by atomic mass is 10.1. The van der Waals surface area contributed by atoms with Gasteiger partial charge in [-0.25, -0.2) is 4.98 Å². The number of halogens is 2. The lowest BCUT2D eigenvalue weighted by Gasteiger charge is -2.19. The number of pyridine rings is 1. The molecule has 3 aromatic carbocycles. The van der Waals surface area contributed by atoms with Crippen molar-refractivity contribution in [3.05, 3.63) is 123 Å². The first kappa shape index (κ1) is 31.8. The number of para-hydroxylation sites is 1. The molecule has 45 heavy (non-hydrogen) atoms. The first-order chi connectivity index (χ1) is 21.6. The van der Waals surface area contributed by atoms with Crippen LogP contribution >= 0.6 is 23.2 Å². The Morgan fingerprint density at radius 3 is 2.53 bits per heavy atom. The van der Waals surface area contributed by atoms with Crippen LogP contribution in [-0.2, 0) is 11.4 Å². The molecule has 0 fully saturated rings. The molecule has 0 aliphatic carbocycles. The fourth-order valence-electron chi connectivity index (χ4n) is 5.05. The number of rotatable bonds is 10. The Labute approximate surface area is 272 Å². The van der Waals surface area contributed by atoms with Gasteiger partial charge in [0.25, 0.3) is 5.91 Å². The maximum absolute atomic E-state index is 13.1. The number of hydrogen-bond donors (Lipinski definition) is 2. The Morgan fingerprint density at radius 2 is 1.82 bits per heavy atom. The molecule has 0 spiro atoms. The van der Waals surface area contributed by atoms with Crippen LogP contribution in [0.4, 0.5) is 5.69 Å². The van der Waals surface area contributed by atoms with Crippen molar-refractivity contribution < 1.29 is 14.3 Å². The second kappa shape index (κ2) is 13.6. The molecule has 10 heteroatoms. The van der Waals surface area contributed by atoms with E-state index in [1.165, 1.54) is 6.08 Å². The van der Waals surface area contributed by atoms with Gasteiger partial charge in [-0.3, -0.25) is 9.59 Å². The van der Waals surface area contributed by atoms with E-state index in [-0.39, 0.29) is 18.3 Å². The first-order valence-electron chi connectivity index (χ1n) is 14.2. The van der Waals surface area contributed by atoms with Crippen molar-refractivity contribution in [3.63, 3.8) is 0 Å². The average molecular weight is 643 g/mol. The number of ketones is 1. The summed E-state index contributed by atoms with van der Waals surface area (Å²) in [4.78, 5) is 31.7. The molecule has 3 N–H and O–H groups in total.